The molecule has 1 N–H and O–H groups in total. The largest absolute Gasteiger partial charge is 0.314 e. The van der Waals surface area contributed by atoms with Crippen LogP contribution in [0.3, 0.4) is 0 Å². The van der Waals surface area contributed by atoms with Gasteiger partial charge in [0.1, 0.15) is 5.82 Å². The molecule has 1 aliphatic rings. The summed E-state index contributed by atoms with van der Waals surface area (Å²) in [5.74, 6) is -0.0860. The van der Waals surface area contributed by atoms with E-state index in [9.17, 15) is 4.39 Å². The van der Waals surface area contributed by atoms with Gasteiger partial charge in [-0.2, -0.15) is 0 Å². The van der Waals surface area contributed by atoms with Gasteiger partial charge in [0, 0.05) is 37.3 Å². The number of nitrogens with zero attached hydrogens (tertiary/aromatic N) is 1. The normalized spacial score (nSPS) is 19.9. The van der Waals surface area contributed by atoms with Crippen molar-refractivity contribution in [3.63, 3.8) is 0 Å². The molecule has 1 saturated heterocycles. The maximum Gasteiger partial charge on any atom is 0.127 e. The molecular weight excluding hydrogens is 227 g/mol. The fourth-order valence-corrected chi connectivity index (χ4v) is 2.91. The number of nitrogens with one attached hydrogen (secondary N) is 1. The molecule has 0 saturated carbocycles. The summed E-state index contributed by atoms with van der Waals surface area (Å²) in [6.45, 7) is 8.17. The minimum atomic E-state index is -0.0860. The molecule has 2 rings (SSSR count). The molecule has 0 unspecified atom stereocenters. The van der Waals surface area contributed by atoms with Crippen LogP contribution in [0.2, 0.25) is 0 Å². The van der Waals surface area contributed by atoms with E-state index >= 15 is 0 Å². The van der Waals surface area contributed by atoms with Gasteiger partial charge in [0.2, 0.25) is 0 Å². The van der Waals surface area contributed by atoms with Crippen LogP contribution in [-0.2, 0) is 6.54 Å². The van der Waals surface area contributed by atoms with Crippen LogP contribution in [0.1, 0.15) is 32.3 Å². The molecule has 0 aliphatic carbocycles. The van der Waals surface area contributed by atoms with Gasteiger partial charge in [0.05, 0.1) is 0 Å². The molecule has 2 nitrogen and oxygen atoms in total. The molecule has 0 amide bonds. The van der Waals surface area contributed by atoms with Gasteiger partial charge in [0.15, 0.2) is 0 Å². The second-order valence-electron chi connectivity index (χ2n) is 5.12. The second-order valence-corrected chi connectivity index (χ2v) is 5.12. The van der Waals surface area contributed by atoms with Crippen LogP contribution < -0.4 is 5.32 Å². The summed E-state index contributed by atoms with van der Waals surface area (Å²) in [5.41, 5.74) is 0.992. The van der Waals surface area contributed by atoms with Gasteiger partial charge in [-0.15, -0.1) is 0 Å². The molecule has 0 atom stereocenters. The van der Waals surface area contributed by atoms with E-state index in [1.54, 1.807) is 12.1 Å². The summed E-state index contributed by atoms with van der Waals surface area (Å²) in [6, 6.07) is 7.12. The van der Waals surface area contributed by atoms with Crippen molar-refractivity contribution in [1.29, 1.82) is 0 Å². The highest BCUT2D eigenvalue weighted by atomic mass is 19.1. The maximum absolute atomic E-state index is 13.8. The number of hydrogen-bond acceptors (Lipinski definition) is 2. The van der Waals surface area contributed by atoms with Crippen molar-refractivity contribution in [2.24, 2.45) is 0 Å². The first kappa shape index (κ1) is 13.5. The predicted octanol–water partition coefficient (Wildman–Crippen LogP) is 2.79. The molecule has 0 spiro atoms. The molecule has 1 aromatic carbocycles. The smallest absolute Gasteiger partial charge is 0.127 e. The Labute approximate surface area is 109 Å². The first-order valence-corrected chi connectivity index (χ1v) is 6.91. The highest BCUT2D eigenvalue weighted by Gasteiger charge is 2.35. The van der Waals surface area contributed by atoms with Crippen molar-refractivity contribution >= 4 is 0 Å². The van der Waals surface area contributed by atoms with Gasteiger partial charge in [-0.3, -0.25) is 4.90 Å². The Balaban J connectivity index is 2.18. The van der Waals surface area contributed by atoms with E-state index in [2.05, 4.69) is 24.1 Å². The Morgan fingerprint density at radius 2 is 2.00 bits per heavy atom. The van der Waals surface area contributed by atoms with Gasteiger partial charge in [0.25, 0.3) is 0 Å². The Hall–Kier alpha value is -0.930. The second kappa shape index (κ2) is 5.81. The van der Waals surface area contributed by atoms with Gasteiger partial charge < -0.3 is 5.32 Å². The molecule has 0 bridgehead atoms. The third-order valence-electron chi connectivity index (χ3n) is 4.32. The van der Waals surface area contributed by atoms with Crippen LogP contribution in [0, 0.1) is 5.82 Å². The zero-order chi connectivity index (χ0) is 13.0. The number of halogens is 1. The molecule has 18 heavy (non-hydrogen) atoms. The number of hydrogen-bond donors (Lipinski definition) is 1. The van der Waals surface area contributed by atoms with Crippen molar-refractivity contribution < 1.29 is 4.39 Å². The summed E-state index contributed by atoms with van der Waals surface area (Å²) >= 11 is 0. The van der Waals surface area contributed by atoms with Crippen LogP contribution in [0.25, 0.3) is 0 Å². The summed E-state index contributed by atoms with van der Waals surface area (Å²) in [5, 5.41) is 3.47. The zero-order valence-electron chi connectivity index (χ0n) is 11.4. The minimum absolute atomic E-state index is 0.0860. The van der Waals surface area contributed by atoms with Crippen LogP contribution >= 0.6 is 0 Å². The Kier molecular flexibility index (Phi) is 4.36. The lowest BCUT2D eigenvalue weighted by atomic mass is 9.88. The van der Waals surface area contributed by atoms with Crippen LogP contribution in [-0.4, -0.2) is 30.1 Å². The molecule has 100 valence electrons. The fraction of sp³-hybridized carbons (Fsp3) is 0.600. The van der Waals surface area contributed by atoms with Gasteiger partial charge in [-0.1, -0.05) is 32.0 Å². The van der Waals surface area contributed by atoms with E-state index in [4.69, 9.17) is 0 Å². The molecule has 3 heteroatoms. The van der Waals surface area contributed by atoms with Crippen molar-refractivity contribution in [3.8, 4) is 0 Å². The van der Waals surface area contributed by atoms with Crippen LogP contribution in [0.4, 0.5) is 4.39 Å². The molecular formula is C15H23FN2. The van der Waals surface area contributed by atoms with E-state index in [-0.39, 0.29) is 11.4 Å². The maximum atomic E-state index is 13.8. The van der Waals surface area contributed by atoms with E-state index < -0.39 is 0 Å². The quantitative estimate of drug-likeness (QED) is 0.884. The minimum Gasteiger partial charge on any atom is -0.314 e. The van der Waals surface area contributed by atoms with E-state index in [1.165, 1.54) is 0 Å². The highest BCUT2D eigenvalue weighted by Crippen LogP contribution is 2.27. The number of piperazine rings is 1. The van der Waals surface area contributed by atoms with Crippen molar-refractivity contribution in [2.75, 3.05) is 19.6 Å². The van der Waals surface area contributed by atoms with Gasteiger partial charge in [-0.25, -0.2) is 4.39 Å². The van der Waals surface area contributed by atoms with Gasteiger partial charge >= 0.3 is 0 Å². The third-order valence-corrected chi connectivity index (χ3v) is 4.32. The molecule has 1 aromatic rings. The SMILES string of the molecule is CCC1(CC)CNCCN1Cc1ccccc1F. The first-order valence-electron chi connectivity index (χ1n) is 6.91. The fourth-order valence-electron chi connectivity index (χ4n) is 2.91. The molecule has 1 heterocycles. The first-order chi connectivity index (χ1) is 8.72. The number of rotatable bonds is 4. The van der Waals surface area contributed by atoms with Crippen LogP contribution in [0.5, 0.6) is 0 Å². The molecule has 0 radical (unpaired) electrons. The van der Waals surface area contributed by atoms with Crippen molar-refractivity contribution in [2.45, 2.75) is 38.8 Å². The summed E-state index contributed by atoms with van der Waals surface area (Å²) in [6.07, 6.45) is 2.20. The Morgan fingerprint density at radius 3 is 2.67 bits per heavy atom. The summed E-state index contributed by atoms with van der Waals surface area (Å²) < 4.78 is 13.8. The molecule has 1 aliphatic heterocycles. The average molecular weight is 250 g/mol. The standard InChI is InChI=1S/C15H23FN2/c1-3-15(4-2)12-17-9-10-18(15)11-13-7-5-6-8-14(13)16/h5-8,17H,3-4,9-12H2,1-2H3. The monoisotopic (exact) mass is 250 g/mol. The van der Waals surface area contributed by atoms with E-state index in [0.29, 0.717) is 0 Å². The Bertz CT molecular complexity index is 388. The summed E-state index contributed by atoms with van der Waals surface area (Å²) in [4.78, 5) is 2.45. The van der Waals surface area contributed by atoms with Gasteiger partial charge in [-0.05, 0) is 18.9 Å². The highest BCUT2D eigenvalue weighted by molar-refractivity contribution is 5.18. The summed E-state index contributed by atoms with van der Waals surface area (Å²) in [7, 11) is 0. The lowest BCUT2D eigenvalue weighted by Gasteiger charge is -2.47. The average Bonchev–Trinajstić information content (AvgIpc) is 2.42. The Morgan fingerprint density at radius 1 is 1.28 bits per heavy atom. The zero-order valence-corrected chi connectivity index (χ0v) is 11.4. The third kappa shape index (κ3) is 2.57. The molecule has 0 aromatic heterocycles. The van der Waals surface area contributed by atoms with Crippen LogP contribution in [0.15, 0.2) is 24.3 Å². The van der Waals surface area contributed by atoms with Crippen molar-refractivity contribution in [1.82, 2.24) is 10.2 Å². The lowest BCUT2D eigenvalue weighted by Crippen LogP contribution is -2.60. The molecule has 1 fully saturated rings. The lowest BCUT2D eigenvalue weighted by molar-refractivity contribution is 0.0438. The van der Waals surface area contributed by atoms with Crippen molar-refractivity contribution in [3.05, 3.63) is 35.6 Å². The topological polar surface area (TPSA) is 15.3 Å². The number of benzene rings is 1. The van der Waals surface area contributed by atoms with E-state index in [1.807, 2.05) is 12.1 Å². The van der Waals surface area contributed by atoms with E-state index in [0.717, 1.165) is 44.6 Å². The predicted molar refractivity (Wildman–Crippen MR) is 73.0 cm³/mol.